The minimum absolute atomic E-state index is 0.0920. The van der Waals surface area contributed by atoms with E-state index in [2.05, 4.69) is 119 Å². The van der Waals surface area contributed by atoms with Gasteiger partial charge in [0.25, 0.3) is 0 Å². The Hall–Kier alpha value is -4.30. The lowest BCUT2D eigenvalue weighted by molar-refractivity contribution is 0.137. The molecule has 57 heavy (non-hydrogen) atoms. The Kier molecular flexibility index (Phi) is 9.52. The summed E-state index contributed by atoms with van der Waals surface area (Å²) in [6.45, 7) is 0. The first kappa shape index (κ1) is 35.8. The van der Waals surface area contributed by atoms with Gasteiger partial charge in [-0.15, -0.1) is 0 Å². The number of aromatic nitrogens is 1. The first-order valence-electron chi connectivity index (χ1n) is 23.5. The van der Waals surface area contributed by atoms with Crippen molar-refractivity contribution < 1.29 is 0 Å². The zero-order valence-corrected chi connectivity index (χ0v) is 34.2. The molecule has 0 unspecified atom stereocenters. The average Bonchev–Trinajstić information content (AvgIpc) is 3.78. The van der Waals surface area contributed by atoms with Crippen LogP contribution >= 0.6 is 0 Å². The van der Waals surface area contributed by atoms with Crippen molar-refractivity contribution in [2.45, 2.75) is 146 Å². The smallest absolute Gasteiger partial charge is 0.0515 e. The average molecular weight is 751 g/mol. The van der Waals surface area contributed by atoms with E-state index in [4.69, 9.17) is 0 Å². The number of rotatable bonds is 7. The molecule has 292 valence electrons. The molecule has 5 aromatic carbocycles. The molecule has 2 nitrogen and oxygen atoms in total. The Morgan fingerprint density at radius 1 is 0.439 bits per heavy atom. The molecule has 0 N–H and O–H groups in total. The third-order valence-electron chi connectivity index (χ3n) is 16.0. The number of hydrogen-bond acceptors (Lipinski definition) is 1. The third-order valence-corrected chi connectivity index (χ3v) is 16.0. The fourth-order valence-corrected chi connectivity index (χ4v) is 13.5. The summed E-state index contributed by atoms with van der Waals surface area (Å²) < 4.78 is 2.76. The normalized spacial score (nSPS) is 20.8. The Morgan fingerprint density at radius 3 is 1.75 bits per heavy atom. The third kappa shape index (κ3) is 5.93. The highest BCUT2D eigenvalue weighted by Crippen LogP contribution is 2.62. The van der Waals surface area contributed by atoms with Gasteiger partial charge in [0.05, 0.1) is 5.52 Å². The molecule has 6 aromatic rings. The number of hydrogen-bond donors (Lipinski definition) is 0. The van der Waals surface area contributed by atoms with E-state index in [0.29, 0.717) is 23.8 Å². The zero-order valence-electron chi connectivity index (χ0n) is 34.2. The van der Waals surface area contributed by atoms with Crippen LogP contribution in [-0.2, 0) is 5.41 Å². The number of para-hydroxylation sites is 2. The van der Waals surface area contributed by atoms with Crippen LogP contribution in [-0.4, -0.2) is 4.57 Å². The van der Waals surface area contributed by atoms with Crippen molar-refractivity contribution in [2.24, 2.45) is 11.8 Å². The predicted molar refractivity (Wildman–Crippen MR) is 241 cm³/mol. The van der Waals surface area contributed by atoms with Crippen molar-refractivity contribution in [3.8, 4) is 11.1 Å². The van der Waals surface area contributed by atoms with Crippen LogP contribution in [0.1, 0.15) is 157 Å². The fraction of sp³-hybridized carbons (Fsp3) is 0.455. The van der Waals surface area contributed by atoms with Crippen LogP contribution in [0.2, 0.25) is 0 Å². The van der Waals surface area contributed by atoms with Crippen LogP contribution in [0.15, 0.2) is 109 Å². The molecular formula is C55H62N2. The molecule has 0 atom stereocenters. The van der Waals surface area contributed by atoms with Crippen molar-refractivity contribution in [1.29, 1.82) is 0 Å². The molecule has 11 rings (SSSR count). The van der Waals surface area contributed by atoms with Crippen molar-refractivity contribution in [2.75, 3.05) is 4.90 Å². The van der Waals surface area contributed by atoms with E-state index in [0.717, 1.165) is 0 Å². The lowest BCUT2D eigenvalue weighted by atomic mass is 9.55. The summed E-state index contributed by atoms with van der Waals surface area (Å²) in [7, 11) is 0. The Bertz CT molecular complexity index is 2350. The summed E-state index contributed by atoms with van der Waals surface area (Å²) in [5.41, 5.74) is 14.8. The van der Waals surface area contributed by atoms with Crippen LogP contribution in [0.3, 0.4) is 0 Å². The largest absolute Gasteiger partial charge is 0.337 e. The first-order chi connectivity index (χ1) is 28.3. The van der Waals surface area contributed by atoms with Crippen molar-refractivity contribution >= 4 is 38.9 Å². The summed E-state index contributed by atoms with van der Waals surface area (Å²) in [6, 6.07) is 44.4. The summed E-state index contributed by atoms with van der Waals surface area (Å²) >= 11 is 0. The molecule has 1 aromatic heterocycles. The molecule has 0 bridgehead atoms. The van der Waals surface area contributed by atoms with Gasteiger partial charge in [0.15, 0.2) is 0 Å². The van der Waals surface area contributed by atoms with Gasteiger partial charge in [0.1, 0.15) is 0 Å². The zero-order chi connectivity index (χ0) is 37.8. The predicted octanol–water partition coefficient (Wildman–Crippen LogP) is 16.2. The second kappa shape index (κ2) is 15.1. The van der Waals surface area contributed by atoms with Gasteiger partial charge in [-0.1, -0.05) is 150 Å². The molecule has 0 aliphatic heterocycles. The van der Waals surface area contributed by atoms with Crippen LogP contribution in [0, 0.1) is 11.8 Å². The molecule has 0 amide bonds. The van der Waals surface area contributed by atoms with Gasteiger partial charge in [-0.2, -0.15) is 0 Å². The number of fused-ring (bicyclic) bond motifs is 6. The van der Waals surface area contributed by atoms with E-state index in [9.17, 15) is 0 Å². The number of benzene rings is 5. The summed E-state index contributed by atoms with van der Waals surface area (Å²) in [6.07, 6.45) is 27.0. The van der Waals surface area contributed by atoms with Gasteiger partial charge >= 0.3 is 0 Å². The summed E-state index contributed by atoms with van der Waals surface area (Å²) in [5.74, 6) is 2.02. The van der Waals surface area contributed by atoms with Gasteiger partial charge < -0.3 is 9.47 Å². The van der Waals surface area contributed by atoms with Crippen LogP contribution in [0.5, 0.6) is 0 Å². The van der Waals surface area contributed by atoms with Crippen LogP contribution in [0.4, 0.5) is 17.1 Å². The fourth-order valence-electron chi connectivity index (χ4n) is 13.5. The standard InChI is InChI=1S/C55H62N2/c1-5-19-39(20-6-1)45-27-14-17-31-52(45)56(44-34-36-49-48-29-15-18-32-53(48)57(54(49)38-44)42-25-11-4-12-26-42)43-33-35-47-46-28-13-16-30-50(46)55(51(47)37-43,40-21-7-2-8-22-40)41-23-9-3-10-24-41/h13-18,27-42H,1-12,19-26H2. The second-order valence-electron chi connectivity index (χ2n) is 18.9. The van der Waals surface area contributed by atoms with Crippen molar-refractivity contribution in [1.82, 2.24) is 4.57 Å². The van der Waals surface area contributed by atoms with Crippen LogP contribution in [0.25, 0.3) is 32.9 Å². The maximum absolute atomic E-state index is 2.76. The maximum atomic E-state index is 2.76. The minimum atomic E-state index is 0.0920. The molecule has 0 spiro atoms. The Morgan fingerprint density at radius 2 is 1.00 bits per heavy atom. The first-order valence-corrected chi connectivity index (χ1v) is 23.5. The van der Waals surface area contributed by atoms with E-state index < -0.39 is 0 Å². The topological polar surface area (TPSA) is 8.17 Å². The van der Waals surface area contributed by atoms with Crippen molar-refractivity contribution in [3.05, 3.63) is 126 Å². The summed E-state index contributed by atoms with van der Waals surface area (Å²) in [5, 5.41) is 2.80. The van der Waals surface area contributed by atoms with E-state index in [-0.39, 0.29) is 5.41 Å². The maximum Gasteiger partial charge on any atom is 0.0515 e. The van der Waals surface area contributed by atoms with E-state index in [1.807, 2.05) is 0 Å². The van der Waals surface area contributed by atoms with Crippen molar-refractivity contribution in [3.63, 3.8) is 0 Å². The lowest BCUT2D eigenvalue weighted by Crippen LogP contribution is -2.44. The minimum Gasteiger partial charge on any atom is -0.337 e. The highest BCUT2D eigenvalue weighted by atomic mass is 15.1. The molecule has 0 saturated heterocycles. The summed E-state index contributed by atoms with van der Waals surface area (Å²) in [4.78, 5) is 2.72. The van der Waals surface area contributed by atoms with Gasteiger partial charge in [-0.25, -0.2) is 0 Å². The SMILES string of the molecule is c1ccc2c(c1)-c1ccc(N(c3ccc4c5ccccc5n(C5CCCCC5)c4c3)c3ccccc3C3CCCCC3)cc1C2(C1CCCCC1)C1CCCCC1. The van der Waals surface area contributed by atoms with Gasteiger partial charge in [-0.05, 0) is 133 Å². The molecule has 0 radical (unpaired) electrons. The highest BCUT2D eigenvalue weighted by Gasteiger charge is 2.53. The van der Waals surface area contributed by atoms with Gasteiger partial charge in [0, 0.05) is 44.8 Å². The van der Waals surface area contributed by atoms with Gasteiger partial charge in [-0.3, -0.25) is 0 Å². The quantitative estimate of drug-likeness (QED) is 0.158. The second-order valence-corrected chi connectivity index (χ2v) is 18.9. The number of anilines is 3. The Labute approximate surface area is 341 Å². The molecule has 4 fully saturated rings. The number of nitrogens with zero attached hydrogens (tertiary/aromatic N) is 2. The molecule has 4 saturated carbocycles. The van der Waals surface area contributed by atoms with Gasteiger partial charge in [0.2, 0.25) is 0 Å². The molecule has 5 aliphatic carbocycles. The monoisotopic (exact) mass is 750 g/mol. The molecule has 5 aliphatic rings. The van der Waals surface area contributed by atoms with Crippen LogP contribution < -0.4 is 4.90 Å². The molecular weight excluding hydrogens is 689 g/mol. The van der Waals surface area contributed by atoms with E-state index in [1.54, 1.807) is 16.7 Å². The van der Waals surface area contributed by atoms with E-state index in [1.165, 1.54) is 178 Å². The highest BCUT2D eigenvalue weighted by molar-refractivity contribution is 6.09. The lowest BCUT2D eigenvalue weighted by Gasteiger charge is -2.49. The molecule has 1 heterocycles. The molecule has 2 heteroatoms. The Balaban J connectivity index is 1.15. The van der Waals surface area contributed by atoms with E-state index >= 15 is 0 Å².